The van der Waals surface area contributed by atoms with Gasteiger partial charge in [0.05, 0.1) is 26.4 Å². The van der Waals surface area contributed by atoms with E-state index in [-0.39, 0.29) is 25.6 Å². The summed E-state index contributed by atoms with van der Waals surface area (Å²) in [6.07, 6.45) is 56.8. The highest BCUT2D eigenvalue weighted by Gasteiger charge is 2.26. The quantitative estimate of drug-likeness (QED) is 0.0310. The second kappa shape index (κ2) is 52.8. The molecule has 10 heteroatoms. The van der Waals surface area contributed by atoms with Crippen molar-refractivity contribution in [2.75, 3.05) is 33.0 Å². The van der Waals surface area contributed by atoms with Gasteiger partial charge in [0.25, 0.3) is 0 Å². The Morgan fingerprint density at radius 3 is 1.00 bits per heavy atom. The van der Waals surface area contributed by atoms with Gasteiger partial charge < -0.3 is 24.6 Å². The van der Waals surface area contributed by atoms with Crippen molar-refractivity contribution < 1.29 is 43.0 Å². The number of phosphoric acid groups is 1. The van der Waals surface area contributed by atoms with Gasteiger partial charge in [-0.05, 0) is 12.8 Å². The maximum Gasteiger partial charge on any atom is 0.472 e. The smallest absolute Gasteiger partial charge is 0.457 e. The lowest BCUT2D eigenvalue weighted by molar-refractivity contribution is -0.154. The van der Waals surface area contributed by atoms with E-state index in [1.807, 2.05) is 0 Å². The van der Waals surface area contributed by atoms with Gasteiger partial charge in [0.2, 0.25) is 0 Å². The number of rotatable bonds is 56. The Morgan fingerprint density at radius 2 is 0.692 bits per heavy atom. The summed E-state index contributed by atoms with van der Waals surface area (Å²) in [5.74, 6) is -0.373. The maximum atomic E-state index is 12.7. The zero-order chi connectivity index (χ0) is 47.4. The third kappa shape index (κ3) is 52.7. The molecule has 0 aliphatic carbocycles. The van der Waals surface area contributed by atoms with Crippen molar-refractivity contribution in [1.29, 1.82) is 0 Å². The van der Waals surface area contributed by atoms with E-state index >= 15 is 0 Å². The van der Waals surface area contributed by atoms with Gasteiger partial charge in [-0.1, -0.05) is 284 Å². The van der Waals surface area contributed by atoms with Crippen molar-refractivity contribution >= 4 is 13.8 Å². The molecule has 0 heterocycles. The van der Waals surface area contributed by atoms with Crippen molar-refractivity contribution in [1.82, 2.24) is 0 Å². The van der Waals surface area contributed by atoms with E-state index in [0.29, 0.717) is 6.61 Å². The Labute approximate surface area is 403 Å². The highest BCUT2D eigenvalue weighted by Crippen LogP contribution is 2.43. The van der Waals surface area contributed by atoms with Crippen LogP contribution in [-0.2, 0) is 27.9 Å². The minimum atomic E-state index is -4.51. The van der Waals surface area contributed by atoms with E-state index < -0.39 is 33.2 Å². The van der Waals surface area contributed by atoms with E-state index in [4.69, 9.17) is 23.6 Å². The summed E-state index contributed by atoms with van der Waals surface area (Å²) < 4.78 is 33.5. The largest absolute Gasteiger partial charge is 0.472 e. The van der Waals surface area contributed by atoms with Gasteiger partial charge >= 0.3 is 13.8 Å². The number of aliphatic hydroxyl groups is 2. The molecule has 0 aromatic heterocycles. The molecule has 0 aliphatic heterocycles. The molecule has 1 unspecified atom stereocenters. The maximum absolute atomic E-state index is 12.7. The molecule has 0 bridgehead atoms. The van der Waals surface area contributed by atoms with Crippen LogP contribution in [0, 0.1) is 0 Å². The molecular formula is C55H111O9P. The lowest BCUT2D eigenvalue weighted by atomic mass is 10.0. The fourth-order valence-corrected chi connectivity index (χ4v) is 9.50. The summed E-state index contributed by atoms with van der Waals surface area (Å²) in [7, 11) is -4.51. The molecule has 0 spiro atoms. The van der Waals surface area contributed by atoms with Crippen LogP contribution in [0.1, 0.15) is 303 Å². The molecule has 0 radical (unpaired) electrons. The van der Waals surface area contributed by atoms with Crippen molar-refractivity contribution in [3.05, 3.63) is 0 Å². The van der Waals surface area contributed by atoms with Crippen LogP contribution in [0.4, 0.5) is 0 Å². The number of unbranched alkanes of at least 4 members (excludes halogenated alkanes) is 42. The minimum Gasteiger partial charge on any atom is -0.457 e. The first kappa shape index (κ1) is 64.5. The van der Waals surface area contributed by atoms with Crippen LogP contribution in [0.5, 0.6) is 0 Å². The first-order valence-corrected chi connectivity index (χ1v) is 30.0. The lowest BCUT2D eigenvalue weighted by Crippen LogP contribution is -2.29. The average molecular weight is 947 g/mol. The van der Waals surface area contributed by atoms with Gasteiger partial charge in [0.15, 0.2) is 0 Å². The van der Waals surface area contributed by atoms with Crippen LogP contribution < -0.4 is 0 Å². The van der Waals surface area contributed by atoms with Crippen molar-refractivity contribution in [3.63, 3.8) is 0 Å². The van der Waals surface area contributed by atoms with Crippen LogP contribution in [-0.4, -0.2) is 66.3 Å². The number of ether oxygens (including phenoxy) is 2. The molecule has 0 saturated carbocycles. The Kier molecular flexibility index (Phi) is 52.4. The molecule has 0 saturated heterocycles. The van der Waals surface area contributed by atoms with Crippen molar-refractivity contribution in [2.45, 2.75) is 315 Å². The molecule has 9 nitrogen and oxygen atoms in total. The van der Waals surface area contributed by atoms with Gasteiger partial charge in [-0.2, -0.15) is 0 Å². The van der Waals surface area contributed by atoms with Gasteiger partial charge in [-0.3, -0.25) is 13.8 Å². The second-order valence-corrected chi connectivity index (χ2v) is 21.1. The van der Waals surface area contributed by atoms with Crippen molar-refractivity contribution in [2.24, 2.45) is 0 Å². The third-order valence-electron chi connectivity index (χ3n) is 13.0. The average Bonchev–Trinajstić information content (AvgIpc) is 3.30. The standard InChI is InChI=1S/C55H111O9P/c1-3-5-7-9-11-13-15-17-18-19-20-21-22-23-24-25-26-27-28-29-30-31-32-33-34-35-36-37-39-41-43-45-47-55(58)64-54(52-63-65(59,60)62-50-53(57)49-56)51-61-48-46-44-42-40-38-16-14-12-10-8-6-4-2/h53-54,56-57H,3-52H2,1-2H3,(H,59,60)/t53-,54+/m0/s1. The van der Waals surface area contributed by atoms with E-state index in [2.05, 4.69) is 13.8 Å². The van der Waals surface area contributed by atoms with E-state index in [0.717, 1.165) is 32.1 Å². The number of aliphatic hydroxyl groups excluding tert-OH is 2. The first-order chi connectivity index (χ1) is 31.8. The molecule has 390 valence electrons. The molecule has 0 fully saturated rings. The fourth-order valence-electron chi connectivity index (χ4n) is 8.71. The van der Waals surface area contributed by atoms with Crippen LogP contribution in [0.25, 0.3) is 0 Å². The first-order valence-electron chi connectivity index (χ1n) is 28.5. The second-order valence-electron chi connectivity index (χ2n) is 19.7. The Balaban J connectivity index is 3.79. The highest BCUT2D eigenvalue weighted by molar-refractivity contribution is 7.47. The predicted octanol–water partition coefficient (Wildman–Crippen LogP) is 17.0. The number of hydrogen-bond acceptors (Lipinski definition) is 8. The summed E-state index contributed by atoms with van der Waals surface area (Å²) in [6.45, 7) is 3.60. The zero-order valence-corrected chi connectivity index (χ0v) is 44.1. The fraction of sp³-hybridized carbons (Fsp3) is 0.982. The summed E-state index contributed by atoms with van der Waals surface area (Å²) in [6, 6.07) is 0. The summed E-state index contributed by atoms with van der Waals surface area (Å²) in [5.41, 5.74) is 0. The molecule has 0 rings (SSSR count). The van der Waals surface area contributed by atoms with Crippen molar-refractivity contribution in [3.8, 4) is 0 Å². The zero-order valence-electron chi connectivity index (χ0n) is 43.2. The molecule has 0 amide bonds. The number of hydrogen-bond donors (Lipinski definition) is 3. The van der Waals surface area contributed by atoms with Crippen LogP contribution in [0.2, 0.25) is 0 Å². The Bertz CT molecular complexity index is 985. The Morgan fingerprint density at radius 1 is 0.415 bits per heavy atom. The van der Waals surface area contributed by atoms with E-state index in [9.17, 15) is 19.4 Å². The molecule has 3 N–H and O–H groups in total. The SMILES string of the molecule is CCCCCCCCCCCCCCCCCCCCCCCCCCCCCCCCCCC(=O)O[C@H](COCCCCCCCCCCCCCC)COP(=O)(O)OC[C@@H](O)CO. The molecule has 65 heavy (non-hydrogen) atoms. The van der Waals surface area contributed by atoms with Gasteiger partial charge in [-0.25, -0.2) is 4.57 Å². The van der Waals surface area contributed by atoms with Gasteiger partial charge in [-0.15, -0.1) is 0 Å². The summed E-state index contributed by atoms with van der Waals surface area (Å²) in [4.78, 5) is 22.7. The molecule has 0 aromatic rings. The topological polar surface area (TPSA) is 132 Å². The van der Waals surface area contributed by atoms with E-state index in [1.165, 1.54) is 250 Å². The summed E-state index contributed by atoms with van der Waals surface area (Å²) in [5, 5.41) is 18.4. The number of esters is 1. The molecular weight excluding hydrogens is 836 g/mol. The monoisotopic (exact) mass is 947 g/mol. The number of phosphoric ester groups is 1. The highest BCUT2D eigenvalue weighted by atomic mass is 31.2. The number of carbonyl (C=O) groups is 1. The molecule has 3 atom stereocenters. The van der Waals surface area contributed by atoms with Crippen LogP contribution in [0.15, 0.2) is 0 Å². The normalized spacial score (nSPS) is 13.6. The number of carbonyl (C=O) groups excluding carboxylic acids is 1. The van der Waals surface area contributed by atoms with Gasteiger partial charge in [0, 0.05) is 13.0 Å². The lowest BCUT2D eigenvalue weighted by Gasteiger charge is -2.20. The summed E-state index contributed by atoms with van der Waals surface area (Å²) >= 11 is 0. The van der Waals surface area contributed by atoms with Crippen LogP contribution >= 0.6 is 7.82 Å². The van der Waals surface area contributed by atoms with Crippen LogP contribution in [0.3, 0.4) is 0 Å². The minimum absolute atomic E-state index is 0.0582. The Hall–Kier alpha value is -0.540. The van der Waals surface area contributed by atoms with E-state index in [1.54, 1.807) is 0 Å². The predicted molar refractivity (Wildman–Crippen MR) is 275 cm³/mol. The van der Waals surface area contributed by atoms with Gasteiger partial charge in [0.1, 0.15) is 12.2 Å². The third-order valence-corrected chi connectivity index (χ3v) is 14.0. The molecule has 0 aromatic carbocycles. The molecule has 0 aliphatic rings.